The number of likely N-dealkylation sites (tertiary alicyclic amines) is 1. The zero-order valence-electron chi connectivity index (χ0n) is 20.6. The van der Waals surface area contributed by atoms with Crippen molar-refractivity contribution in [2.45, 2.75) is 44.4 Å². The van der Waals surface area contributed by atoms with Gasteiger partial charge in [0.1, 0.15) is 18.2 Å². The number of benzene rings is 3. The maximum atomic E-state index is 13.4. The Morgan fingerprint density at radius 2 is 1.37 bits per heavy atom. The Morgan fingerprint density at radius 3 is 1.87 bits per heavy atom. The Kier molecular flexibility index (Phi) is 8.76. The van der Waals surface area contributed by atoms with Gasteiger partial charge in [0.2, 0.25) is 5.91 Å². The number of nitrogens with zero attached hydrogens (tertiary/aromatic N) is 2. The van der Waals surface area contributed by atoms with E-state index in [4.69, 9.17) is 4.84 Å². The molecule has 0 spiro atoms. The molecular formula is C29H27F5N2O2. The van der Waals surface area contributed by atoms with E-state index in [1.807, 2.05) is 0 Å². The maximum Gasteiger partial charge on any atom is 0.416 e. The Morgan fingerprint density at radius 1 is 0.842 bits per heavy atom. The molecule has 0 aliphatic carbocycles. The number of piperidine rings is 1. The maximum absolute atomic E-state index is 13.4. The summed E-state index contributed by atoms with van der Waals surface area (Å²) in [5.41, 5.74) is 2.35. The summed E-state index contributed by atoms with van der Waals surface area (Å²) in [6, 6.07) is 17.0. The van der Waals surface area contributed by atoms with Crippen LogP contribution in [0.5, 0.6) is 0 Å². The molecular weight excluding hydrogens is 503 g/mol. The van der Waals surface area contributed by atoms with E-state index in [1.54, 1.807) is 29.2 Å². The zero-order valence-corrected chi connectivity index (χ0v) is 20.6. The summed E-state index contributed by atoms with van der Waals surface area (Å²) in [6.07, 6.45) is -2.54. The predicted molar refractivity (Wildman–Crippen MR) is 133 cm³/mol. The largest absolute Gasteiger partial charge is 0.416 e. The van der Waals surface area contributed by atoms with Crippen molar-refractivity contribution in [1.29, 1.82) is 0 Å². The lowest BCUT2D eigenvalue weighted by Gasteiger charge is -2.28. The first kappa shape index (κ1) is 27.3. The molecule has 0 atom stereocenters. The fourth-order valence-corrected chi connectivity index (χ4v) is 4.44. The van der Waals surface area contributed by atoms with E-state index in [2.05, 4.69) is 5.16 Å². The van der Waals surface area contributed by atoms with Gasteiger partial charge >= 0.3 is 6.18 Å². The zero-order chi connectivity index (χ0) is 27.1. The second-order valence-corrected chi connectivity index (χ2v) is 9.20. The van der Waals surface area contributed by atoms with Crippen molar-refractivity contribution in [3.63, 3.8) is 0 Å². The molecule has 38 heavy (non-hydrogen) atoms. The Hall–Kier alpha value is -3.75. The average Bonchev–Trinajstić information content (AvgIpc) is 2.91. The van der Waals surface area contributed by atoms with Gasteiger partial charge in [-0.15, -0.1) is 0 Å². The highest BCUT2D eigenvalue weighted by Crippen LogP contribution is 2.31. The standard InChI is InChI=1S/C29H27F5N2O2/c30-24-9-3-21(4-10-24)27(22-5-11-25(31)12-6-22)13-14-28(37)36-17-15-26(16-18-36)35-38-19-20-1-7-23(8-2-20)29(32,33)34/h1-12,27H,13-19H2. The third-order valence-corrected chi connectivity index (χ3v) is 6.59. The number of carbonyl (C=O) groups is 1. The van der Waals surface area contributed by atoms with Crippen molar-refractivity contribution >= 4 is 11.6 Å². The molecule has 1 saturated heterocycles. The number of alkyl halides is 3. The van der Waals surface area contributed by atoms with Gasteiger partial charge < -0.3 is 9.74 Å². The molecule has 1 fully saturated rings. The van der Waals surface area contributed by atoms with Crippen LogP contribution in [-0.2, 0) is 22.4 Å². The monoisotopic (exact) mass is 530 g/mol. The predicted octanol–water partition coefficient (Wildman–Crippen LogP) is 7.09. The van der Waals surface area contributed by atoms with Gasteiger partial charge in [0.15, 0.2) is 0 Å². The molecule has 0 unspecified atom stereocenters. The fourth-order valence-electron chi connectivity index (χ4n) is 4.44. The number of rotatable bonds is 8. The number of hydrogen-bond donors (Lipinski definition) is 0. The van der Waals surface area contributed by atoms with Gasteiger partial charge in [-0.1, -0.05) is 41.6 Å². The highest BCUT2D eigenvalue weighted by molar-refractivity contribution is 5.87. The molecule has 3 aromatic carbocycles. The lowest BCUT2D eigenvalue weighted by Crippen LogP contribution is -2.38. The highest BCUT2D eigenvalue weighted by Gasteiger charge is 2.30. The molecule has 1 aliphatic heterocycles. The summed E-state index contributed by atoms with van der Waals surface area (Å²) in [6.45, 7) is 1.02. The molecule has 0 N–H and O–H groups in total. The lowest BCUT2D eigenvalue weighted by molar-refractivity contribution is -0.137. The first-order valence-electron chi connectivity index (χ1n) is 12.3. The van der Waals surface area contributed by atoms with Gasteiger partial charge in [-0.05, 0) is 59.5 Å². The molecule has 0 saturated carbocycles. The van der Waals surface area contributed by atoms with Crippen LogP contribution < -0.4 is 0 Å². The molecule has 9 heteroatoms. The third-order valence-electron chi connectivity index (χ3n) is 6.59. The first-order valence-corrected chi connectivity index (χ1v) is 12.3. The minimum absolute atomic E-state index is 0.0102. The van der Waals surface area contributed by atoms with Gasteiger partial charge in [-0.2, -0.15) is 13.2 Å². The molecule has 3 aromatic rings. The van der Waals surface area contributed by atoms with E-state index in [1.165, 1.54) is 36.4 Å². The van der Waals surface area contributed by atoms with E-state index >= 15 is 0 Å². The van der Waals surface area contributed by atoms with Crippen LogP contribution in [0.1, 0.15) is 53.9 Å². The van der Waals surface area contributed by atoms with E-state index < -0.39 is 11.7 Å². The molecule has 0 aromatic heterocycles. The molecule has 4 rings (SSSR count). The summed E-state index contributed by atoms with van der Waals surface area (Å²) in [5, 5.41) is 4.11. The van der Waals surface area contributed by atoms with E-state index in [9.17, 15) is 26.7 Å². The van der Waals surface area contributed by atoms with Crippen LogP contribution in [0.2, 0.25) is 0 Å². The first-order chi connectivity index (χ1) is 18.2. The van der Waals surface area contributed by atoms with Gasteiger partial charge in [-0.3, -0.25) is 4.79 Å². The van der Waals surface area contributed by atoms with Crippen LogP contribution >= 0.6 is 0 Å². The van der Waals surface area contributed by atoms with Crippen LogP contribution in [-0.4, -0.2) is 29.6 Å². The van der Waals surface area contributed by atoms with E-state index in [0.29, 0.717) is 37.9 Å². The SMILES string of the molecule is O=C(CCC(c1ccc(F)cc1)c1ccc(F)cc1)N1CCC(=NOCc2ccc(C(F)(F)F)cc2)CC1. The van der Waals surface area contributed by atoms with Crippen molar-refractivity contribution in [1.82, 2.24) is 4.90 Å². The minimum atomic E-state index is -4.38. The highest BCUT2D eigenvalue weighted by atomic mass is 19.4. The number of oxime groups is 1. The second kappa shape index (κ2) is 12.2. The van der Waals surface area contributed by atoms with Gasteiger partial charge in [0.05, 0.1) is 11.3 Å². The van der Waals surface area contributed by atoms with Crippen LogP contribution in [0, 0.1) is 11.6 Å². The number of carbonyl (C=O) groups excluding carboxylic acids is 1. The van der Waals surface area contributed by atoms with Crippen molar-refractivity contribution in [3.8, 4) is 0 Å². The molecule has 1 amide bonds. The summed E-state index contributed by atoms with van der Waals surface area (Å²) < 4.78 is 64.9. The van der Waals surface area contributed by atoms with Crippen LogP contribution in [0.15, 0.2) is 78.0 Å². The smallest absolute Gasteiger partial charge is 0.391 e. The number of amides is 1. The summed E-state index contributed by atoms with van der Waals surface area (Å²) in [7, 11) is 0. The summed E-state index contributed by atoms with van der Waals surface area (Å²) in [4.78, 5) is 20.0. The third kappa shape index (κ3) is 7.40. The lowest BCUT2D eigenvalue weighted by atomic mass is 9.87. The molecule has 200 valence electrons. The number of hydrogen-bond acceptors (Lipinski definition) is 3. The Balaban J connectivity index is 1.27. The molecule has 1 heterocycles. The molecule has 1 aliphatic rings. The van der Waals surface area contributed by atoms with Gasteiger partial charge in [-0.25, -0.2) is 8.78 Å². The Labute approximate surface area is 217 Å². The molecule has 4 nitrogen and oxygen atoms in total. The van der Waals surface area contributed by atoms with Gasteiger partial charge in [0, 0.05) is 38.3 Å². The fraction of sp³-hybridized carbons (Fsp3) is 0.310. The Bertz CT molecular complexity index is 1180. The molecule has 0 bridgehead atoms. The topological polar surface area (TPSA) is 41.9 Å². The number of halogens is 5. The van der Waals surface area contributed by atoms with Crippen molar-refractivity contribution in [3.05, 3.63) is 107 Å². The van der Waals surface area contributed by atoms with E-state index in [0.717, 1.165) is 29.0 Å². The summed E-state index contributed by atoms with van der Waals surface area (Å²) in [5.74, 6) is -0.891. The quantitative estimate of drug-likeness (QED) is 0.231. The summed E-state index contributed by atoms with van der Waals surface area (Å²) >= 11 is 0. The van der Waals surface area contributed by atoms with Crippen molar-refractivity contribution in [2.75, 3.05) is 13.1 Å². The van der Waals surface area contributed by atoms with Crippen molar-refractivity contribution in [2.24, 2.45) is 5.16 Å². The van der Waals surface area contributed by atoms with Crippen LogP contribution in [0.4, 0.5) is 22.0 Å². The van der Waals surface area contributed by atoms with Gasteiger partial charge in [0.25, 0.3) is 0 Å². The minimum Gasteiger partial charge on any atom is -0.391 e. The van der Waals surface area contributed by atoms with Crippen LogP contribution in [0.25, 0.3) is 0 Å². The molecule has 0 radical (unpaired) electrons. The average molecular weight is 531 g/mol. The van der Waals surface area contributed by atoms with E-state index in [-0.39, 0.29) is 36.5 Å². The van der Waals surface area contributed by atoms with Crippen LogP contribution in [0.3, 0.4) is 0 Å². The second-order valence-electron chi connectivity index (χ2n) is 9.20. The van der Waals surface area contributed by atoms with Crippen molar-refractivity contribution < 1.29 is 31.6 Å². The normalized spacial score (nSPS) is 14.1.